The average Bonchev–Trinajstić information content (AvgIpc) is 3.93. The molecule has 0 radical (unpaired) electrons. The fourth-order valence-electron chi connectivity index (χ4n) is 11.4. The molecule has 4 heterocycles. The molecule has 0 amide bonds. The van der Waals surface area contributed by atoms with Crippen molar-refractivity contribution in [1.29, 1.82) is 0 Å². The second-order valence-electron chi connectivity index (χ2n) is 23.0. The lowest BCUT2D eigenvalue weighted by Crippen LogP contribution is -2.61. The molecule has 71 heavy (non-hydrogen) atoms. The molecule has 13 rings (SSSR count). The number of benzene rings is 9. The molecule has 0 N–H and O–H groups in total. The summed E-state index contributed by atoms with van der Waals surface area (Å²) >= 11 is 3.75. The third-order valence-electron chi connectivity index (χ3n) is 15.3. The van der Waals surface area contributed by atoms with Crippen molar-refractivity contribution in [1.82, 2.24) is 0 Å². The van der Waals surface area contributed by atoms with Crippen LogP contribution in [0, 0.1) is 0 Å². The standard InChI is InChI=1S/C66H57BN2S2/c1-64(2,3)44-26-28-53-55(36-44)68(47-18-14-16-40(32-47)42-24-30-61-51(34-42)49-20-10-12-22-59(49)70-61)57-38-46(66(7,8)9)39-58-63(57)67(53)54-29-27-45(65(4,5)6)37-56(54)69(58)48-19-15-17-41(33-48)43-25-31-62-52(35-43)50-21-11-13-23-60(50)71-62/h10-39H,1-9H3. The minimum Gasteiger partial charge on any atom is -0.311 e. The molecule has 0 fully saturated rings. The van der Waals surface area contributed by atoms with Gasteiger partial charge in [0.2, 0.25) is 0 Å². The van der Waals surface area contributed by atoms with Crippen LogP contribution in [0.25, 0.3) is 62.6 Å². The van der Waals surface area contributed by atoms with Crippen molar-refractivity contribution >= 4 is 120 Å². The predicted octanol–water partition coefficient (Wildman–Crippen LogP) is 17.7. The third-order valence-corrected chi connectivity index (χ3v) is 17.6. The van der Waals surface area contributed by atoms with Crippen molar-refractivity contribution in [3.63, 3.8) is 0 Å². The first kappa shape index (κ1) is 44.1. The van der Waals surface area contributed by atoms with Gasteiger partial charge in [0.15, 0.2) is 0 Å². The Morgan fingerprint density at radius 1 is 0.324 bits per heavy atom. The molecule has 346 valence electrons. The fourth-order valence-corrected chi connectivity index (χ4v) is 13.5. The molecular weight excluding hydrogens is 896 g/mol. The van der Waals surface area contributed by atoms with E-state index in [0.29, 0.717) is 0 Å². The van der Waals surface area contributed by atoms with Crippen LogP contribution < -0.4 is 26.2 Å². The van der Waals surface area contributed by atoms with Gasteiger partial charge >= 0.3 is 0 Å². The minimum atomic E-state index is -0.138. The van der Waals surface area contributed by atoms with Crippen LogP contribution in [-0.4, -0.2) is 6.71 Å². The topological polar surface area (TPSA) is 6.48 Å². The Morgan fingerprint density at radius 2 is 0.718 bits per heavy atom. The molecule has 0 aliphatic carbocycles. The first-order valence-corrected chi connectivity index (χ1v) is 26.8. The summed E-state index contributed by atoms with van der Waals surface area (Å²) in [5.74, 6) is 0. The van der Waals surface area contributed by atoms with Gasteiger partial charge in [0.25, 0.3) is 6.71 Å². The normalized spacial score (nSPS) is 13.6. The Hall–Kier alpha value is -6.92. The molecule has 0 bridgehead atoms. The van der Waals surface area contributed by atoms with E-state index in [1.54, 1.807) is 0 Å². The van der Waals surface area contributed by atoms with Gasteiger partial charge in [-0.1, -0.05) is 159 Å². The van der Waals surface area contributed by atoms with Crippen LogP contribution in [0.2, 0.25) is 0 Å². The smallest absolute Gasteiger partial charge is 0.252 e. The second kappa shape index (κ2) is 15.8. The van der Waals surface area contributed by atoms with Crippen LogP contribution >= 0.6 is 22.7 Å². The van der Waals surface area contributed by atoms with E-state index in [-0.39, 0.29) is 23.0 Å². The number of hydrogen-bond donors (Lipinski definition) is 0. The molecule has 11 aromatic rings. The molecule has 0 atom stereocenters. The van der Waals surface area contributed by atoms with E-state index < -0.39 is 0 Å². The Bertz CT molecular complexity index is 3730. The number of anilines is 6. The number of rotatable bonds is 4. The lowest BCUT2D eigenvalue weighted by Gasteiger charge is -2.45. The lowest BCUT2D eigenvalue weighted by atomic mass is 9.33. The molecule has 0 spiro atoms. The molecule has 2 aliphatic rings. The molecule has 2 aliphatic heterocycles. The van der Waals surface area contributed by atoms with Gasteiger partial charge in [-0.25, -0.2) is 0 Å². The van der Waals surface area contributed by atoms with E-state index >= 15 is 0 Å². The molecule has 0 saturated carbocycles. The number of nitrogens with zero attached hydrogens (tertiary/aromatic N) is 2. The van der Waals surface area contributed by atoms with Crippen molar-refractivity contribution in [3.05, 3.63) is 199 Å². The highest BCUT2D eigenvalue weighted by atomic mass is 32.1. The van der Waals surface area contributed by atoms with E-state index in [2.05, 4.69) is 254 Å². The summed E-state index contributed by atoms with van der Waals surface area (Å²) in [6, 6.07) is 70.1. The summed E-state index contributed by atoms with van der Waals surface area (Å²) in [4.78, 5) is 5.22. The summed E-state index contributed by atoms with van der Waals surface area (Å²) in [6.45, 7) is 21.2. The molecule has 9 aromatic carbocycles. The monoisotopic (exact) mass is 952 g/mol. The zero-order valence-electron chi connectivity index (χ0n) is 42.1. The van der Waals surface area contributed by atoms with Crippen molar-refractivity contribution in [2.45, 2.75) is 78.6 Å². The van der Waals surface area contributed by atoms with Gasteiger partial charge in [-0.2, -0.15) is 0 Å². The predicted molar refractivity (Wildman–Crippen MR) is 313 cm³/mol. The third kappa shape index (κ3) is 7.18. The summed E-state index contributed by atoms with van der Waals surface area (Å²) < 4.78 is 5.31. The van der Waals surface area contributed by atoms with Gasteiger partial charge in [0.05, 0.1) is 0 Å². The maximum atomic E-state index is 2.61. The van der Waals surface area contributed by atoms with Crippen LogP contribution in [0.1, 0.15) is 79.0 Å². The molecule has 5 heteroatoms. The van der Waals surface area contributed by atoms with Crippen LogP contribution in [0.4, 0.5) is 34.1 Å². The van der Waals surface area contributed by atoms with Crippen LogP contribution in [-0.2, 0) is 16.2 Å². The van der Waals surface area contributed by atoms with Gasteiger partial charge in [-0.05, 0) is 157 Å². The zero-order valence-corrected chi connectivity index (χ0v) is 43.7. The summed E-state index contributed by atoms with van der Waals surface area (Å²) in [7, 11) is 0. The maximum Gasteiger partial charge on any atom is 0.252 e. The summed E-state index contributed by atoms with van der Waals surface area (Å²) in [6.07, 6.45) is 0. The van der Waals surface area contributed by atoms with Crippen molar-refractivity contribution in [2.75, 3.05) is 9.80 Å². The highest BCUT2D eigenvalue weighted by Gasteiger charge is 2.45. The largest absolute Gasteiger partial charge is 0.311 e. The van der Waals surface area contributed by atoms with Crippen molar-refractivity contribution < 1.29 is 0 Å². The van der Waals surface area contributed by atoms with Crippen molar-refractivity contribution in [2.24, 2.45) is 0 Å². The fraction of sp³-hybridized carbons (Fsp3) is 0.182. The molecule has 2 nitrogen and oxygen atoms in total. The first-order valence-electron chi connectivity index (χ1n) is 25.2. The Balaban J connectivity index is 1.06. The lowest BCUT2D eigenvalue weighted by molar-refractivity contribution is 0.590. The van der Waals surface area contributed by atoms with Gasteiger partial charge < -0.3 is 9.80 Å². The van der Waals surface area contributed by atoms with E-state index in [9.17, 15) is 0 Å². The second-order valence-corrected chi connectivity index (χ2v) is 25.2. The van der Waals surface area contributed by atoms with Crippen LogP contribution in [0.5, 0.6) is 0 Å². The van der Waals surface area contributed by atoms with Gasteiger partial charge in [0, 0.05) is 74.5 Å². The van der Waals surface area contributed by atoms with E-state index in [0.717, 1.165) is 11.4 Å². The highest BCUT2D eigenvalue weighted by molar-refractivity contribution is 7.26. The SMILES string of the molecule is CC(C)(C)c1ccc2c(c1)N(c1cccc(-c3ccc4sc5ccccc5c4c3)c1)c1cc(C(C)(C)C)cc3c1B2c1ccc(C(C)(C)C)cc1N3c1cccc(-c2ccc3sc4ccccc4c3c2)c1. The van der Waals surface area contributed by atoms with Gasteiger partial charge in [0.1, 0.15) is 0 Å². The zero-order chi connectivity index (χ0) is 48.7. The average molecular weight is 953 g/mol. The van der Waals surface area contributed by atoms with Crippen molar-refractivity contribution in [3.8, 4) is 22.3 Å². The molecular formula is C66H57BN2S2. The van der Waals surface area contributed by atoms with Gasteiger partial charge in [-0.15, -0.1) is 22.7 Å². The molecule has 0 unspecified atom stereocenters. The summed E-state index contributed by atoms with van der Waals surface area (Å²) in [5.41, 5.74) is 19.9. The quantitative estimate of drug-likeness (QED) is 0.162. The van der Waals surface area contributed by atoms with Gasteiger partial charge in [-0.3, -0.25) is 0 Å². The number of fused-ring (bicyclic) bond motifs is 10. The first-order chi connectivity index (χ1) is 34.1. The molecule has 2 aromatic heterocycles. The van der Waals surface area contributed by atoms with Crippen LogP contribution in [0.15, 0.2) is 182 Å². The minimum absolute atomic E-state index is 0.0180. The van der Waals surface area contributed by atoms with E-state index in [1.807, 2.05) is 22.7 Å². The number of thiophene rings is 2. The Kier molecular flexibility index (Phi) is 9.80. The van der Waals surface area contributed by atoms with Crippen LogP contribution in [0.3, 0.4) is 0 Å². The van der Waals surface area contributed by atoms with E-state index in [1.165, 1.54) is 118 Å². The maximum absolute atomic E-state index is 2.61. The highest BCUT2D eigenvalue weighted by Crippen LogP contribution is 2.49. The summed E-state index contributed by atoms with van der Waals surface area (Å²) in [5, 5.41) is 5.28. The molecule has 0 saturated heterocycles. The Labute approximate surface area is 426 Å². The number of hydrogen-bond acceptors (Lipinski definition) is 4. The Morgan fingerprint density at radius 3 is 1.15 bits per heavy atom. The van der Waals surface area contributed by atoms with E-state index in [4.69, 9.17) is 0 Å².